The number of hydrogen-bond acceptors (Lipinski definition) is 4. The van der Waals surface area contributed by atoms with Gasteiger partial charge in [0.25, 0.3) is 0 Å². The van der Waals surface area contributed by atoms with Crippen LogP contribution in [0.15, 0.2) is 54.6 Å². The van der Waals surface area contributed by atoms with E-state index in [1.165, 1.54) is 11.1 Å². The van der Waals surface area contributed by atoms with Crippen molar-refractivity contribution in [2.45, 2.75) is 75.3 Å². The standard InChI is InChI=1S/C29H32F3N5O/c30-29(31,32)17-37-22-5-3-6-23(37)16-21(15-22)34-28(38)33-20-10-12-25-19(14-20)9-13-27(35-25)36-26-11-8-18-4-1-2-7-24(18)26/h1-2,4,7,9-10,12-14,21-23,26H,3,5-6,8,11,15-17H2,(H,35,36)(H2,33,34,38)/t21?,22-,23+,26-/m1/s1. The largest absolute Gasteiger partial charge is 0.401 e. The fourth-order valence-corrected chi connectivity index (χ4v) is 6.58. The van der Waals surface area contributed by atoms with Crippen molar-refractivity contribution in [2.75, 3.05) is 17.2 Å². The van der Waals surface area contributed by atoms with E-state index in [4.69, 9.17) is 4.98 Å². The van der Waals surface area contributed by atoms with Crippen molar-refractivity contribution in [3.8, 4) is 0 Å². The van der Waals surface area contributed by atoms with Crippen LogP contribution in [0.1, 0.15) is 55.7 Å². The lowest BCUT2D eigenvalue weighted by Crippen LogP contribution is -2.59. The molecule has 3 N–H and O–H groups in total. The molecule has 2 amide bonds. The van der Waals surface area contributed by atoms with Crippen LogP contribution in [0.3, 0.4) is 0 Å². The first-order chi connectivity index (χ1) is 18.3. The van der Waals surface area contributed by atoms with Crippen LogP contribution in [0.4, 0.5) is 29.5 Å². The minimum atomic E-state index is -4.20. The summed E-state index contributed by atoms with van der Waals surface area (Å²) in [6.07, 6.45) is 1.43. The number of amides is 2. The number of aryl methyl sites for hydroxylation is 1. The summed E-state index contributed by atoms with van der Waals surface area (Å²) >= 11 is 0. The minimum Gasteiger partial charge on any atom is -0.363 e. The van der Waals surface area contributed by atoms with Gasteiger partial charge in [-0.2, -0.15) is 13.2 Å². The highest BCUT2D eigenvalue weighted by molar-refractivity contribution is 5.93. The number of carbonyl (C=O) groups excluding carboxylic acids is 1. The van der Waals surface area contributed by atoms with E-state index in [1.54, 1.807) is 4.90 Å². The molecule has 2 aromatic carbocycles. The Balaban J connectivity index is 1.07. The summed E-state index contributed by atoms with van der Waals surface area (Å²) in [5.74, 6) is 0.820. The van der Waals surface area contributed by atoms with Crippen LogP contribution < -0.4 is 16.0 Å². The Kier molecular flexibility index (Phi) is 6.63. The Hall–Kier alpha value is -3.33. The van der Waals surface area contributed by atoms with Crippen LogP contribution in [0.5, 0.6) is 0 Å². The fraction of sp³-hybridized carbons (Fsp3) is 0.448. The maximum atomic E-state index is 13.0. The summed E-state index contributed by atoms with van der Waals surface area (Å²) in [4.78, 5) is 19.1. The third kappa shape index (κ3) is 5.43. The number of anilines is 2. The van der Waals surface area contributed by atoms with Gasteiger partial charge in [0, 0.05) is 29.2 Å². The summed E-state index contributed by atoms with van der Waals surface area (Å²) in [5.41, 5.74) is 4.19. The predicted octanol–water partition coefficient (Wildman–Crippen LogP) is 6.40. The summed E-state index contributed by atoms with van der Waals surface area (Å²) in [7, 11) is 0. The maximum absolute atomic E-state index is 13.0. The fourth-order valence-electron chi connectivity index (χ4n) is 6.58. The molecular formula is C29H32F3N5O. The van der Waals surface area contributed by atoms with Gasteiger partial charge in [0.15, 0.2) is 0 Å². The monoisotopic (exact) mass is 523 g/mol. The zero-order chi connectivity index (χ0) is 26.3. The number of halogens is 3. The molecule has 3 aromatic rings. The first-order valence-corrected chi connectivity index (χ1v) is 13.5. The molecule has 3 aliphatic rings. The number of benzene rings is 2. The second kappa shape index (κ2) is 10.1. The molecule has 3 heterocycles. The molecule has 4 atom stereocenters. The summed E-state index contributed by atoms with van der Waals surface area (Å²) < 4.78 is 39.1. The molecule has 2 saturated heterocycles. The zero-order valence-corrected chi connectivity index (χ0v) is 21.1. The van der Waals surface area contributed by atoms with Crippen molar-refractivity contribution >= 4 is 28.4 Å². The van der Waals surface area contributed by atoms with Gasteiger partial charge in [0.1, 0.15) is 5.82 Å². The maximum Gasteiger partial charge on any atom is 0.401 e. The highest BCUT2D eigenvalue weighted by atomic mass is 19.4. The Labute approximate surface area is 220 Å². The van der Waals surface area contributed by atoms with Crippen molar-refractivity contribution in [3.63, 3.8) is 0 Å². The van der Waals surface area contributed by atoms with E-state index in [2.05, 4.69) is 40.2 Å². The second-order valence-electron chi connectivity index (χ2n) is 10.8. The summed E-state index contributed by atoms with van der Waals surface area (Å²) in [5, 5.41) is 10.4. The number of nitrogens with one attached hydrogen (secondary N) is 3. The molecule has 1 unspecified atom stereocenters. The average Bonchev–Trinajstić information content (AvgIpc) is 3.26. The number of hydrogen-bond donors (Lipinski definition) is 3. The number of aromatic nitrogens is 1. The molecule has 9 heteroatoms. The van der Waals surface area contributed by atoms with Crippen LogP contribution in [0.25, 0.3) is 10.9 Å². The minimum absolute atomic E-state index is 0.133. The molecule has 0 spiro atoms. The lowest BCUT2D eigenvalue weighted by molar-refractivity contribution is -0.166. The number of carbonyl (C=O) groups is 1. The molecule has 200 valence electrons. The highest BCUT2D eigenvalue weighted by Crippen LogP contribution is 2.36. The number of urea groups is 1. The van der Waals surface area contributed by atoms with Crippen LogP contribution >= 0.6 is 0 Å². The van der Waals surface area contributed by atoms with E-state index >= 15 is 0 Å². The van der Waals surface area contributed by atoms with Crippen LogP contribution in [0.2, 0.25) is 0 Å². The molecular weight excluding hydrogens is 491 g/mol. The van der Waals surface area contributed by atoms with E-state index in [-0.39, 0.29) is 30.2 Å². The van der Waals surface area contributed by atoms with Crippen molar-refractivity contribution in [3.05, 3.63) is 65.7 Å². The number of pyridine rings is 1. The molecule has 1 aliphatic carbocycles. The van der Waals surface area contributed by atoms with Gasteiger partial charge in [0.2, 0.25) is 0 Å². The lowest BCUT2D eigenvalue weighted by Gasteiger charge is -2.49. The first-order valence-electron chi connectivity index (χ1n) is 13.5. The van der Waals surface area contributed by atoms with Crippen molar-refractivity contribution in [1.29, 1.82) is 0 Å². The average molecular weight is 524 g/mol. The van der Waals surface area contributed by atoms with Crippen LogP contribution in [-0.4, -0.2) is 46.8 Å². The Morgan fingerprint density at radius 1 is 1.00 bits per heavy atom. The number of alkyl halides is 3. The molecule has 1 aromatic heterocycles. The smallest absolute Gasteiger partial charge is 0.363 e. The molecule has 0 radical (unpaired) electrons. The number of rotatable bonds is 5. The Bertz CT molecular complexity index is 1320. The van der Waals surface area contributed by atoms with Crippen molar-refractivity contribution < 1.29 is 18.0 Å². The van der Waals surface area contributed by atoms with Crippen LogP contribution in [0, 0.1) is 0 Å². The number of fused-ring (bicyclic) bond motifs is 4. The predicted molar refractivity (Wildman–Crippen MR) is 142 cm³/mol. The quantitative estimate of drug-likeness (QED) is 0.362. The van der Waals surface area contributed by atoms with Gasteiger partial charge in [-0.05, 0) is 80.0 Å². The lowest BCUT2D eigenvalue weighted by atomic mass is 9.81. The zero-order valence-electron chi connectivity index (χ0n) is 21.1. The van der Waals surface area contributed by atoms with E-state index in [9.17, 15) is 18.0 Å². The number of piperidine rings is 2. The third-order valence-electron chi connectivity index (χ3n) is 8.23. The van der Waals surface area contributed by atoms with Gasteiger partial charge in [-0.1, -0.05) is 30.7 Å². The third-order valence-corrected chi connectivity index (χ3v) is 8.23. The first kappa shape index (κ1) is 25.0. The van der Waals surface area contributed by atoms with Crippen molar-refractivity contribution in [1.82, 2.24) is 15.2 Å². The van der Waals surface area contributed by atoms with E-state index in [1.807, 2.05) is 30.3 Å². The topological polar surface area (TPSA) is 69.3 Å². The molecule has 0 saturated carbocycles. The van der Waals surface area contributed by atoms with E-state index < -0.39 is 12.7 Å². The van der Waals surface area contributed by atoms with Gasteiger partial charge in [0.05, 0.1) is 18.1 Å². The molecule has 2 bridgehead atoms. The Morgan fingerprint density at radius 3 is 2.58 bits per heavy atom. The second-order valence-corrected chi connectivity index (χ2v) is 10.8. The van der Waals surface area contributed by atoms with E-state index in [0.717, 1.165) is 48.8 Å². The highest BCUT2D eigenvalue weighted by Gasteiger charge is 2.43. The SMILES string of the molecule is O=C(Nc1ccc2nc(N[C@@H]3CCc4ccccc43)ccc2c1)NC1C[C@H]2CCC[C@@H](C1)N2CC(F)(F)F. The normalized spacial score (nSPS) is 25.1. The molecule has 6 nitrogen and oxygen atoms in total. The molecule has 2 fully saturated rings. The van der Waals surface area contributed by atoms with Crippen molar-refractivity contribution in [2.24, 2.45) is 0 Å². The van der Waals surface area contributed by atoms with Gasteiger partial charge >= 0.3 is 12.2 Å². The van der Waals surface area contributed by atoms with Crippen LogP contribution in [-0.2, 0) is 6.42 Å². The van der Waals surface area contributed by atoms with Gasteiger partial charge < -0.3 is 16.0 Å². The molecule has 6 rings (SSSR count). The number of nitrogens with zero attached hydrogens (tertiary/aromatic N) is 2. The van der Waals surface area contributed by atoms with Gasteiger partial charge in [-0.3, -0.25) is 4.90 Å². The summed E-state index contributed by atoms with van der Waals surface area (Å²) in [6, 6.07) is 17.6. The van der Waals surface area contributed by atoms with Gasteiger partial charge in [-0.25, -0.2) is 9.78 Å². The molecule has 2 aliphatic heterocycles. The van der Waals surface area contributed by atoms with E-state index in [0.29, 0.717) is 18.5 Å². The Morgan fingerprint density at radius 2 is 1.79 bits per heavy atom. The molecule has 38 heavy (non-hydrogen) atoms. The van der Waals surface area contributed by atoms with Gasteiger partial charge in [-0.15, -0.1) is 0 Å². The summed E-state index contributed by atoms with van der Waals surface area (Å²) in [6.45, 7) is -0.864.